The monoisotopic (exact) mass is 309 g/mol. The number of hydrogen-bond acceptors (Lipinski definition) is 2. The molecule has 3 nitrogen and oxygen atoms in total. The number of rotatable bonds is 5. The van der Waals surface area contributed by atoms with Crippen LogP contribution < -0.4 is 5.32 Å². The second-order valence-corrected chi connectivity index (χ2v) is 5.67. The van der Waals surface area contributed by atoms with Gasteiger partial charge in [-0.05, 0) is 43.5 Å². The lowest BCUT2D eigenvalue weighted by molar-refractivity contribution is -0.115. The van der Waals surface area contributed by atoms with E-state index in [0.717, 1.165) is 34.4 Å². The Morgan fingerprint density at radius 3 is 2.39 bits per heavy atom. The van der Waals surface area contributed by atoms with Crippen LogP contribution >= 0.6 is 0 Å². The molecule has 0 bridgehead atoms. The number of nitrogens with one attached hydrogen (secondary N) is 1. The number of benzene rings is 2. The predicted molar refractivity (Wildman–Crippen MR) is 95.4 cm³/mol. The minimum Gasteiger partial charge on any atom is -0.507 e. The van der Waals surface area contributed by atoms with E-state index in [2.05, 4.69) is 12.2 Å². The molecule has 0 saturated carbocycles. The Morgan fingerprint density at radius 1 is 1.09 bits per heavy atom. The third-order valence-corrected chi connectivity index (χ3v) is 4.03. The summed E-state index contributed by atoms with van der Waals surface area (Å²) in [4.78, 5) is 12.5. The number of allylic oxidation sites excluding steroid dienone is 1. The van der Waals surface area contributed by atoms with E-state index in [1.807, 2.05) is 50.2 Å². The minimum atomic E-state index is -0.0784. The number of amides is 1. The molecule has 0 unspecified atom stereocenters. The van der Waals surface area contributed by atoms with E-state index in [1.165, 1.54) is 0 Å². The largest absolute Gasteiger partial charge is 0.507 e. The van der Waals surface area contributed by atoms with E-state index in [4.69, 9.17) is 0 Å². The highest BCUT2D eigenvalue weighted by Crippen LogP contribution is 2.31. The van der Waals surface area contributed by atoms with Crippen molar-refractivity contribution in [3.8, 4) is 5.75 Å². The molecule has 2 rings (SSSR count). The van der Waals surface area contributed by atoms with Crippen LogP contribution in [0.5, 0.6) is 5.75 Å². The van der Waals surface area contributed by atoms with Crippen molar-refractivity contribution >= 4 is 17.2 Å². The number of aromatic hydroxyl groups is 1. The van der Waals surface area contributed by atoms with Gasteiger partial charge in [0.25, 0.3) is 0 Å². The topological polar surface area (TPSA) is 49.3 Å². The molecule has 1 amide bonds. The van der Waals surface area contributed by atoms with Crippen LogP contribution in [0.25, 0.3) is 5.57 Å². The van der Waals surface area contributed by atoms with E-state index >= 15 is 0 Å². The van der Waals surface area contributed by atoms with Crippen molar-refractivity contribution in [2.45, 2.75) is 33.6 Å². The molecule has 120 valence electrons. The molecule has 0 fully saturated rings. The van der Waals surface area contributed by atoms with Gasteiger partial charge in [-0.1, -0.05) is 48.9 Å². The molecule has 0 aromatic heterocycles. The van der Waals surface area contributed by atoms with Gasteiger partial charge in [-0.3, -0.25) is 4.79 Å². The van der Waals surface area contributed by atoms with Gasteiger partial charge in [0.1, 0.15) is 5.75 Å². The molecule has 0 atom stereocenters. The number of para-hydroxylation sites is 2. The maximum Gasteiger partial charge on any atom is 0.228 e. The lowest BCUT2D eigenvalue weighted by Gasteiger charge is -2.14. The van der Waals surface area contributed by atoms with Gasteiger partial charge >= 0.3 is 0 Å². The second kappa shape index (κ2) is 7.63. The summed E-state index contributed by atoms with van der Waals surface area (Å²) in [6, 6.07) is 14.9. The molecule has 0 aliphatic heterocycles. The Kier molecular flexibility index (Phi) is 5.58. The lowest BCUT2D eigenvalue weighted by Crippen LogP contribution is -2.13. The summed E-state index contributed by atoms with van der Waals surface area (Å²) in [7, 11) is 0. The number of hydrogen-bond donors (Lipinski definition) is 2. The van der Waals surface area contributed by atoms with Gasteiger partial charge < -0.3 is 10.4 Å². The van der Waals surface area contributed by atoms with Gasteiger partial charge in [-0.2, -0.15) is 0 Å². The van der Waals surface area contributed by atoms with Crippen LogP contribution in [0, 0.1) is 6.92 Å². The first-order valence-electron chi connectivity index (χ1n) is 7.85. The van der Waals surface area contributed by atoms with Crippen LogP contribution in [0.2, 0.25) is 0 Å². The number of carbonyl (C=O) groups is 1. The van der Waals surface area contributed by atoms with Gasteiger partial charge in [0.2, 0.25) is 5.91 Å². The van der Waals surface area contributed by atoms with Crippen LogP contribution in [0.15, 0.2) is 54.1 Å². The molecule has 0 saturated heterocycles. The average Bonchev–Trinajstić information content (AvgIpc) is 2.55. The molecular weight excluding hydrogens is 286 g/mol. The van der Waals surface area contributed by atoms with Crippen LogP contribution in [-0.2, 0) is 4.79 Å². The van der Waals surface area contributed by atoms with Gasteiger partial charge in [0.05, 0.1) is 6.42 Å². The molecule has 0 aliphatic carbocycles. The zero-order valence-electron chi connectivity index (χ0n) is 13.9. The first-order chi connectivity index (χ1) is 11.0. The van der Waals surface area contributed by atoms with Crippen LogP contribution in [0.4, 0.5) is 5.69 Å². The number of carbonyl (C=O) groups excluding carboxylic acids is 1. The number of phenols is 1. The fourth-order valence-corrected chi connectivity index (χ4v) is 2.49. The Balaban J connectivity index is 2.25. The first-order valence-corrected chi connectivity index (χ1v) is 7.85. The smallest absolute Gasteiger partial charge is 0.228 e. The molecule has 0 aliphatic rings. The van der Waals surface area contributed by atoms with Gasteiger partial charge in [0, 0.05) is 11.3 Å². The molecule has 2 N–H and O–H groups in total. The Bertz CT molecular complexity index is 732. The molecule has 0 radical (unpaired) electrons. The normalized spacial score (nSPS) is 11.8. The zero-order chi connectivity index (χ0) is 16.8. The quantitative estimate of drug-likeness (QED) is 0.824. The van der Waals surface area contributed by atoms with Gasteiger partial charge in [-0.15, -0.1) is 0 Å². The van der Waals surface area contributed by atoms with E-state index in [9.17, 15) is 9.90 Å². The third kappa shape index (κ3) is 4.22. The van der Waals surface area contributed by atoms with E-state index in [0.29, 0.717) is 0 Å². The van der Waals surface area contributed by atoms with E-state index in [-0.39, 0.29) is 18.1 Å². The number of anilines is 1. The van der Waals surface area contributed by atoms with Crippen molar-refractivity contribution in [1.82, 2.24) is 0 Å². The summed E-state index contributed by atoms with van der Waals surface area (Å²) in [6.07, 6.45) is 1.08. The van der Waals surface area contributed by atoms with Crippen molar-refractivity contribution in [2.24, 2.45) is 0 Å². The maximum atomic E-state index is 12.5. The van der Waals surface area contributed by atoms with Crippen LogP contribution in [-0.4, -0.2) is 11.0 Å². The van der Waals surface area contributed by atoms with Crippen molar-refractivity contribution in [1.29, 1.82) is 0 Å². The minimum absolute atomic E-state index is 0.0784. The Hall–Kier alpha value is -2.55. The fraction of sp³-hybridized carbons (Fsp3) is 0.250. The number of phenolic OH excluding ortho intramolecular Hbond substituents is 1. The van der Waals surface area contributed by atoms with Crippen LogP contribution in [0.1, 0.15) is 37.8 Å². The van der Waals surface area contributed by atoms with Gasteiger partial charge in [0.15, 0.2) is 0 Å². The number of aryl methyl sites for hydroxylation is 1. The van der Waals surface area contributed by atoms with Crippen molar-refractivity contribution in [3.63, 3.8) is 0 Å². The summed E-state index contributed by atoms with van der Waals surface area (Å²) in [6.45, 7) is 6.02. The molecule has 23 heavy (non-hydrogen) atoms. The molecule has 2 aromatic rings. The average molecular weight is 309 g/mol. The summed E-state index contributed by atoms with van der Waals surface area (Å²) in [5.41, 5.74) is 4.57. The predicted octanol–water partition coefficient (Wildman–Crippen LogP) is 4.91. The summed E-state index contributed by atoms with van der Waals surface area (Å²) < 4.78 is 0. The zero-order valence-corrected chi connectivity index (χ0v) is 13.9. The maximum absolute atomic E-state index is 12.5. The molecule has 0 heterocycles. The standard InChI is InChI=1S/C20H23NO2/c1-4-14(2)17(16-10-6-8-12-19(16)22)13-20(23)21-18-11-7-5-9-15(18)3/h5-12,22H,4,13H2,1-3H3,(H,21,23). The van der Waals surface area contributed by atoms with Crippen LogP contribution in [0.3, 0.4) is 0 Å². The second-order valence-electron chi connectivity index (χ2n) is 5.67. The molecule has 0 spiro atoms. The van der Waals surface area contributed by atoms with E-state index < -0.39 is 0 Å². The Labute approximate surface area is 137 Å². The van der Waals surface area contributed by atoms with Crippen molar-refractivity contribution < 1.29 is 9.90 Å². The highest BCUT2D eigenvalue weighted by molar-refractivity contribution is 5.99. The third-order valence-electron chi connectivity index (χ3n) is 4.03. The SMILES string of the molecule is CCC(C)=C(CC(=O)Nc1ccccc1C)c1ccccc1O. The fourth-order valence-electron chi connectivity index (χ4n) is 2.49. The molecule has 3 heteroatoms. The van der Waals surface area contributed by atoms with Gasteiger partial charge in [-0.25, -0.2) is 0 Å². The first kappa shape index (κ1) is 16.8. The highest BCUT2D eigenvalue weighted by Gasteiger charge is 2.14. The summed E-state index contributed by atoms with van der Waals surface area (Å²) in [5, 5.41) is 13.1. The summed E-state index contributed by atoms with van der Waals surface area (Å²) in [5.74, 6) is 0.129. The summed E-state index contributed by atoms with van der Waals surface area (Å²) >= 11 is 0. The highest BCUT2D eigenvalue weighted by atomic mass is 16.3. The van der Waals surface area contributed by atoms with Crippen molar-refractivity contribution in [3.05, 3.63) is 65.2 Å². The van der Waals surface area contributed by atoms with E-state index in [1.54, 1.807) is 12.1 Å². The lowest BCUT2D eigenvalue weighted by atomic mass is 9.95. The molecular formula is C20H23NO2. The Morgan fingerprint density at radius 2 is 1.74 bits per heavy atom. The molecule has 2 aromatic carbocycles. The van der Waals surface area contributed by atoms with Crippen molar-refractivity contribution in [2.75, 3.05) is 5.32 Å².